The first-order valence-electron chi connectivity index (χ1n) is 11.9. The van der Waals surface area contributed by atoms with Gasteiger partial charge in [-0.1, -0.05) is 0 Å². The lowest BCUT2D eigenvalue weighted by molar-refractivity contribution is -0.188. The van der Waals surface area contributed by atoms with Crippen LogP contribution in [0, 0.1) is 5.82 Å². The van der Waals surface area contributed by atoms with Gasteiger partial charge in [-0.15, -0.1) is 0 Å². The third kappa shape index (κ3) is 9.56. The lowest BCUT2D eigenvalue weighted by atomic mass is 9.91. The molecule has 5 atom stereocenters. The Hall–Kier alpha value is -4.69. The van der Waals surface area contributed by atoms with Gasteiger partial charge in [-0.25, -0.2) is 14.0 Å². The predicted molar refractivity (Wildman–Crippen MR) is 133 cm³/mol. The number of methoxy groups -OCH3 is 1. The van der Waals surface area contributed by atoms with Gasteiger partial charge in [0.2, 0.25) is 11.7 Å². The van der Waals surface area contributed by atoms with Crippen LogP contribution in [0.15, 0.2) is 36.1 Å². The molecule has 0 saturated heterocycles. The molecule has 1 aliphatic rings. The summed E-state index contributed by atoms with van der Waals surface area (Å²) in [6.45, 7) is 3.78. The molecule has 0 spiro atoms. The fraction of sp³-hybridized carbons (Fsp3) is 0.440. The third-order valence-corrected chi connectivity index (χ3v) is 5.25. The Kier molecular flexibility index (Phi) is 11.4. The summed E-state index contributed by atoms with van der Waals surface area (Å²) in [6, 6.07) is 1.57. The summed E-state index contributed by atoms with van der Waals surface area (Å²) >= 11 is 0. The first kappa shape index (κ1) is 31.5. The van der Waals surface area contributed by atoms with Crippen molar-refractivity contribution in [2.75, 3.05) is 19.0 Å². The zero-order chi connectivity index (χ0) is 30.0. The maximum absolute atomic E-state index is 13.2. The molecule has 1 aromatic carbocycles. The second-order valence-corrected chi connectivity index (χ2v) is 8.49. The van der Waals surface area contributed by atoms with E-state index in [2.05, 4.69) is 16.0 Å². The minimum Gasteiger partial charge on any atom is -0.477 e. The van der Waals surface area contributed by atoms with Crippen molar-refractivity contribution in [3.8, 4) is 0 Å². The monoisotopic (exact) mass is 567 g/mol. The molecule has 40 heavy (non-hydrogen) atoms. The van der Waals surface area contributed by atoms with Crippen LogP contribution in [0.4, 0.5) is 14.9 Å². The molecule has 0 unspecified atom stereocenters. The average Bonchev–Trinajstić information content (AvgIpc) is 2.86. The summed E-state index contributed by atoms with van der Waals surface area (Å²) in [6.07, 6.45) is -3.37. The number of anilines is 1. The van der Waals surface area contributed by atoms with E-state index < -0.39 is 84.4 Å². The maximum Gasteiger partial charge on any atom is 0.373 e. The van der Waals surface area contributed by atoms with Crippen molar-refractivity contribution in [3.05, 3.63) is 41.9 Å². The predicted octanol–water partition coefficient (Wildman–Crippen LogP) is 0.703. The number of halogens is 1. The number of urea groups is 1. The van der Waals surface area contributed by atoms with Crippen molar-refractivity contribution in [1.29, 1.82) is 0 Å². The van der Waals surface area contributed by atoms with Gasteiger partial charge in [0.25, 0.3) is 0 Å². The van der Waals surface area contributed by atoms with Crippen LogP contribution >= 0.6 is 0 Å². The Morgan fingerprint density at radius 1 is 0.925 bits per heavy atom. The summed E-state index contributed by atoms with van der Waals surface area (Å²) in [5, 5.41) is 7.61. The largest absolute Gasteiger partial charge is 0.477 e. The molecular formula is C25H30FN3O11. The van der Waals surface area contributed by atoms with Gasteiger partial charge in [0, 0.05) is 33.4 Å². The first-order valence-corrected chi connectivity index (χ1v) is 11.9. The van der Waals surface area contributed by atoms with E-state index in [1.54, 1.807) is 0 Å². The van der Waals surface area contributed by atoms with E-state index in [9.17, 15) is 33.2 Å². The van der Waals surface area contributed by atoms with Crippen LogP contribution in [0.5, 0.6) is 0 Å². The molecule has 3 N–H and O–H groups in total. The van der Waals surface area contributed by atoms with Gasteiger partial charge < -0.3 is 39.6 Å². The Bertz CT molecular complexity index is 1160. The molecule has 2 rings (SSSR count). The molecule has 14 nitrogen and oxygen atoms in total. The maximum atomic E-state index is 13.2. The number of nitrogens with one attached hydrogen (secondary N) is 3. The topological polar surface area (TPSA) is 185 Å². The van der Waals surface area contributed by atoms with Crippen LogP contribution in [0.2, 0.25) is 0 Å². The molecule has 15 heteroatoms. The fourth-order valence-electron chi connectivity index (χ4n) is 3.76. The second kappa shape index (κ2) is 14.5. The molecule has 0 aliphatic carbocycles. The zero-order valence-corrected chi connectivity index (χ0v) is 22.3. The minimum absolute atomic E-state index is 0.227. The number of esters is 4. The lowest BCUT2D eigenvalue weighted by Crippen LogP contribution is -2.64. The number of carbonyl (C=O) groups excluding carboxylic acids is 6. The van der Waals surface area contributed by atoms with Gasteiger partial charge in [0.15, 0.2) is 18.3 Å². The quantitative estimate of drug-likeness (QED) is 0.267. The standard InChI is InChI=1S/C25H30FN3O11/c1-12(30)27-21-18(29-25(35)28-17-8-6-16(26)7-9-17)10-19(24(34)36-5)40-23(21)22(39-15(4)33)20(38-14(3)32)11-37-13(2)31/h6-10,18,20-23H,11H2,1-5H3,(H,27,30)(H2,28,29,35)/t18-,20+,21+,22+,23+/m0/s1. The normalized spacial score (nSPS) is 19.4. The van der Waals surface area contributed by atoms with Crippen molar-refractivity contribution in [3.63, 3.8) is 0 Å². The van der Waals surface area contributed by atoms with E-state index in [4.69, 9.17) is 23.7 Å². The van der Waals surface area contributed by atoms with Gasteiger partial charge in [-0.05, 0) is 30.3 Å². The Balaban J connectivity index is 2.54. The Labute approximate surface area is 228 Å². The summed E-state index contributed by atoms with van der Waals surface area (Å²) < 4.78 is 39.4. The Morgan fingerprint density at radius 2 is 1.55 bits per heavy atom. The Morgan fingerprint density at radius 3 is 2.08 bits per heavy atom. The number of hydrogen-bond acceptors (Lipinski definition) is 11. The highest BCUT2D eigenvalue weighted by Gasteiger charge is 2.48. The number of ether oxygens (including phenoxy) is 5. The zero-order valence-electron chi connectivity index (χ0n) is 22.3. The summed E-state index contributed by atoms with van der Waals surface area (Å²) in [7, 11) is 1.07. The highest BCUT2D eigenvalue weighted by atomic mass is 19.1. The molecule has 1 heterocycles. The second-order valence-electron chi connectivity index (χ2n) is 8.49. The minimum atomic E-state index is -1.57. The SMILES string of the molecule is COC(=O)C1=C[C@H](NC(=O)Nc2ccc(F)cc2)[C@@H](NC(C)=O)[C@H]([C@H](OC(C)=O)[C@@H](COC(C)=O)OC(C)=O)O1. The number of rotatable bonds is 10. The van der Waals surface area contributed by atoms with Gasteiger partial charge in [0.1, 0.15) is 12.4 Å². The van der Waals surface area contributed by atoms with Crippen LogP contribution in [0.1, 0.15) is 27.7 Å². The van der Waals surface area contributed by atoms with Crippen LogP contribution in [0.3, 0.4) is 0 Å². The lowest BCUT2D eigenvalue weighted by Gasteiger charge is -2.41. The smallest absolute Gasteiger partial charge is 0.373 e. The summed E-state index contributed by atoms with van der Waals surface area (Å²) in [5.41, 5.74) is 0.227. The molecule has 0 aromatic heterocycles. The highest BCUT2D eigenvalue weighted by Crippen LogP contribution is 2.27. The van der Waals surface area contributed by atoms with Crippen LogP contribution < -0.4 is 16.0 Å². The van der Waals surface area contributed by atoms with Crippen LogP contribution in [-0.2, 0) is 47.7 Å². The molecule has 218 valence electrons. The fourth-order valence-corrected chi connectivity index (χ4v) is 3.76. The van der Waals surface area contributed by atoms with Gasteiger partial charge in [0.05, 0.1) is 19.2 Å². The molecule has 3 amide bonds. The average molecular weight is 568 g/mol. The number of amides is 3. The van der Waals surface area contributed by atoms with Gasteiger partial charge in [-0.3, -0.25) is 19.2 Å². The summed E-state index contributed by atoms with van der Waals surface area (Å²) in [4.78, 5) is 72.9. The van der Waals surface area contributed by atoms with E-state index in [0.717, 1.165) is 53.0 Å². The van der Waals surface area contributed by atoms with Crippen molar-refractivity contribution >= 4 is 41.5 Å². The van der Waals surface area contributed by atoms with E-state index >= 15 is 0 Å². The molecular weight excluding hydrogens is 537 g/mol. The molecule has 1 aliphatic heterocycles. The molecule has 0 bridgehead atoms. The summed E-state index contributed by atoms with van der Waals surface area (Å²) in [5.74, 6) is -5.00. The molecule has 0 radical (unpaired) electrons. The van der Waals surface area contributed by atoms with Crippen LogP contribution in [0.25, 0.3) is 0 Å². The van der Waals surface area contributed by atoms with Crippen molar-refractivity contribution in [2.24, 2.45) is 0 Å². The molecule has 0 fully saturated rings. The number of benzene rings is 1. The highest BCUT2D eigenvalue weighted by molar-refractivity contribution is 5.90. The van der Waals surface area contributed by atoms with E-state index in [0.29, 0.717) is 0 Å². The first-order chi connectivity index (χ1) is 18.8. The van der Waals surface area contributed by atoms with E-state index in [-0.39, 0.29) is 5.69 Å². The van der Waals surface area contributed by atoms with Crippen molar-refractivity contribution < 1.29 is 56.8 Å². The van der Waals surface area contributed by atoms with Gasteiger partial charge in [-0.2, -0.15) is 0 Å². The van der Waals surface area contributed by atoms with Crippen molar-refractivity contribution in [2.45, 2.75) is 58.1 Å². The van der Waals surface area contributed by atoms with Gasteiger partial charge >= 0.3 is 29.9 Å². The number of carbonyl (C=O) groups is 6. The molecule has 0 saturated carbocycles. The third-order valence-electron chi connectivity index (χ3n) is 5.25. The van der Waals surface area contributed by atoms with Crippen LogP contribution in [-0.4, -0.2) is 79.9 Å². The number of hydrogen-bond donors (Lipinski definition) is 3. The van der Waals surface area contributed by atoms with E-state index in [1.807, 2.05) is 0 Å². The van der Waals surface area contributed by atoms with Crippen molar-refractivity contribution in [1.82, 2.24) is 10.6 Å². The van der Waals surface area contributed by atoms with E-state index in [1.165, 1.54) is 12.1 Å². The molecule has 1 aromatic rings.